The van der Waals surface area contributed by atoms with Crippen molar-refractivity contribution in [3.63, 3.8) is 0 Å². The zero-order valence-corrected chi connectivity index (χ0v) is 29.5. The summed E-state index contributed by atoms with van der Waals surface area (Å²) in [4.78, 5) is 34.1. The molecule has 0 radical (unpaired) electrons. The van der Waals surface area contributed by atoms with E-state index >= 15 is 0 Å². The van der Waals surface area contributed by atoms with Gasteiger partial charge in [-0.1, -0.05) is 82.2 Å². The first-order valence-electron chi connectivity index (χ1n) is 17.0. The average Bonchev–Trinajstić information content (AvgIpc) is 3.84. The number of carboxylic acids is 1. The Morgan fingerprint density at radius 1 is 0.917 bits per heavy atom. The molecule has 1 aliphatic rings. The Labute approximate surface area is 285 Å². The number of sulfonamides is 1. The predicted octanol–water partition coefficient (Wildman–Crippen LogP) is 7.87. The van der Waals surface area contributed by atoms with Crippen molar-refractivity contribution in [3.8, 4) is 0 Å². The first-order valence-corrected chi connectivity index (χ1v) is 18.4. The van der Waals surface area contributed by atoms with Gasteiger partial charge < -0.3 is 9.84 Å². The van der Waals surface area contributed by atoms with E-state index in [0.717, 1.165) is 10.5 Å². The topological polar surface area (TPSA) is 130 Å². The molecule has 1 fully saturated rings. The Morgan fingerprint density at radius 3 is 2.21 bits per heavy atom. The summed E-state index contributed by atoms with van der Waals surface area (Å²) in [5.41, 5.74) is 1.86. The van der Waals surface area contributed by atoms with Gasteiger partial charge >= 0.3 is 12.1 Å². The van der Waals surface area contributed by atoms with Gasteiger partial charge in [-0.15, -0.1) is 0 Å². The number of carbonyl (C=O) groups is 2. The Morgan fingerprint density at radius 2 is 1.60 bits per heavy atom. The molecule has 260 valence electrons. The first kappa shape index (κ1) is 37.0. The second-order valence-electron chi connectivity index (χ2n) is 13.8. The molecule has 1 aromatic carbocycles. The van der Waals surface area contributed by atoms with Crippen molar-refractivity contribution in [2.45, 2.75) is 121 Å². The molecule has 0 atom stereocenters. The molecule has 11 heteroatoms. The second kappa shape index (κ2) is 16.5. The standard InChI is InChI=1S/C37H50N4O6S/c1-5-6-7-8-9-10-11-21-37(22-23-37)30-19-17-29(18-20-30)26-40(48(45,46)32-15-13-24-38-25-32)27-31-14-12-16-33(39-31)41(28-34(42)43)35(44)47-36(2,3)4/h12-20,24-25H,5-11,21-23,26-28H2,1-4H3,(H,42,43). The van der Waals surface area contributed by atoms with Crippen molar-refractivity contribution in [3.05, 3.63) is 83.8 Å². The molecule has 10 nitrogen and oxygen atoms in total. The van der Waals surface area contributed by atoms with E-state index in [1.165, 1.54) is 98.6 Å². The zero-order chi connectivity index (χ0) is 34.8. The Kier molecular flexibility index (Phi) is 12.7. The number of ether oxygens (including phenoxy) is 1. The largest absolute Gasteiger partial charge is 0.480 e. The van der Waals surface area contributed by atoms with E-state index in [0.29, 0.717) is 5.69 Å². The van der Waals surface area contributed by atoms with Crippen LogP contribution in [0.5, 0.6) is 0 Å². The molecule has 48 heavy (non-hydrogen) atoms. The van der Waals surface area contributed by atoms with Gasteiger partial charge in [0.15, 0.2) is 0 Å². The monoisotopic (exact) mass is 678 g/mol. The molecule has 2 heterocycles. The van der Waals surface area contributed by atoms with Crippen LogP contribution in [-0.4, -0.2) is 52.0 Å². The smallest absolute Gasteiger partial charge is 0.416 e. The highest BCUT2D eigenvalue weighted by molar-refractivity contribution is 7.89. The molecule has 1 amide bonds. The number of benzene rings is 1. The number of rotatable bonds is 18. The van der Waals surface area contributed by atoms with Crippen LogP contribution in [-0.2, 0) is 38.1 Å². The molecule has 3 aromatic rings. The number of aliphatic carboxylic acids is 1. The summed E-state index contributed by atoms with van der Waals surface area (Å²) in [5, 5.41) is 9.50. The van der Waals surface area contributed by atoms with Crippen molar-refractivity contribution >= 4 is 27.9 Å². The molecule has 0 unspecified atom stereocenters. The van der Waals surface area contributed by atoms with Crippen LogP contribution in [0.1, 0.15) is 109 Å². The lowest BCUT2D eigenvalue weighted by Gasteiger charge is -2.26. The summed E-state index contributed by atoms with van der Waals surface area (Å²) >= 11 is 0. The number of hydrogen-bond donors (Lipinski definition) is 1. The average molecular weight is 679 g/mol. The SMILES string of the molecule is CCCCCCCCCC1(c2ccc(CN(Cc3cccc(N(CC(=O)O)C(=O)OC(C)(C)C)n3)S(=O)(=O)c3cccnc3)cc2)CC1. The Hall–Kier alpha value is -3.83. The van der Waals surface area contributed by atoms with Crippen molar-refractivity contribution in [1.82, 2.24) is 14.3 Å². The summed E-state index contributed by atoms with van der Waals surface area (Å²) in [6.45, 7) is 6.58. The van der Waals surface area contributed by atoms with Gasteiger partial charge in [-0.05, 0) is 80.8 Å². The first-order chi connectivity index (χ1) is 22.8. The highest BCUT2D eigenvalue weighted by atomic mass is 32.2. The lowest BCUT2D eigenvalue weighted by atomic mass is 9.89. The van der Waals surface area contributed by atoms with E-state index < -0.39 is 34.2 Å². The number of anilines is 1. The highest BCUT2D eigenvalue weighted by Gasteiger charge is 2.43. The van der Waals surface area contributed by atoms with Crippen molar-refractivity contribution in [2.75, 3.05) is 11.4 Å². The molecule has 0 bridgehead atoms. The molecule has 0 aliphatic heterocycles. The molecule has 1 aliphatic carbocycles. The molecule has 2 aromatic heterocycles. The highest BCUT2D eigenvalue weighted by Crippen LogP contribution is 2.52. The van der Waals surface area contributed by atoms with Crippen LogP contribution in [0, 0.1) is 0 Å². The molecular formula is C37H50N4O6S. The number of carboxylic acid groups (broad SMARTS) is 1. The second-order valence-corrected chi connectivity index (χ2v) is 15.7. The van der Waals surface area contributed by atoms with Crippen LogP contribution in [0.15, 0.2) is 71.9 Å². The Bertz CT molecular complexity index is 1600. The number of carbonyl (C=O) groups excluding carboxylic acids is 1. The maximum absolute atomic E-state index is 13.9. The zero-order valence-electron chi connectivity index (χ0n) is 28.7. The number of nitrogens with zero attached hydrogens (tertiary/aromatic N) is 4. The fourth-order valence-corrected chi connectivity index (χ4v) is 7.24. The third-order valence-corrected chi connectivity index (χ3v) is 10.4. The van der Waals surface area contributed by atoms with E-state index in [1.807, 2.05) is 12.1 Å². The molecule has 1 N–H and O–H groups in total. The summed E-state index contributed by atoms with van der Waals surface area (Å²) in [5.74, 6) is -1.20. The predicted molar refractivity (Wildman–Crippen MR) is 186 cm³/mol. The summed E-state index contributed by atoms with van der Waals surface area (Å²) in [7, 11) is -4.01. The van der Waals surface area contributed by atoms with E-state index in [4.69, 9.17) is 4.74 Å². The fraction of sp³-hybridized carbons (Fsp3) is 0.514. The van der Waals surface area contributed by atoms with Crippen LogP contribution < -0.4 is 4.90 Å². The van der Waals surface area contributed by atoms with Crippen molar-refractivity contribution < 1.29 is 27.9 Å². The van der Waals surface area contributed by atoms with E-state index in [1.54, 1.807) is 39.0 Å². The van der Waals surface area contributed by atoms with Crippen molar-refractivity contribution in [1.29, 1.82) is 0 Å². The molecule has 0 saturated heterocycles. The number of hydrogen-bond acceptors (Lipinski definition) is 7. The Balaban J connectivity index is 1.53. The van der Waals surface area contributed by atoms with Crippen molar-refractivity contribution in [2.24, 2.45) is 0 Å². The van der Waals surface area contributed by atoms with Gasteiger partial charge in [0.1, 0.15) is 22.9 Å². The van der Waals surface area contributed by atoms with Crippen LogP contribution in [0.3, 0.4) is 0 Å². The minimum absolute atomic E-state index is 0.0444. The van der Waals surface area contributed by atoms with Crippen LogP contribution in [0.25, 0.3) is 0 Å². The van der Waals surface area contributed by atoms with E-state index in [9.17, 15) is 23.1 Å². The third-order valence-electron chi connectivity index (χ3n) is 8.62. The lowest BCUT2D eigenvalue weighted by molar-refractivity contribution is -0.135. The van der Waals surface area contributed by atoms with E-state index in [-0.39, 0.29) is 29.2 Å². The van der Waals surface area contributed by atoms with E-state index in [2.05, 4.69) is 29.0 Å². The fourth-order valence-electron chi connectivity index (χ4n) is 5.87. The maximum atomic E-state index is 13.9. The number of aromatic nitrogens is 2. The summed E-state index contributed by atoms with van der Waals surface area (Å²) < 4.78 is 34.6. The maximum Gasteiger partial charge on any atom is 0.416 e. The van der Waals surface area contributed by atoms with Gasteiger partial charge in [0.2, 0.25) is 10.0 Å². The lowest BCUT2D eigenvalue weighted by Crippen LogP contribution is -2.40. The third kappa shape index (κ3) is 10.6. The molecule has 1 saturated carbocycles. The number of pyridine rings is 2. The van der Waals surface area contributed by atoms with Gasteiger partial charge in [-0.2, -0.15) is 4.31 Å². The minimum Gasteiger partial charge on any atom is -0.480 e. The van der Waals surface area contributed by atoms with Gasteiger partial charge in [-0.3, -0.25) is 14.7 Å². The van der Waals surface area contributed by atoms with Crippen LogP contribution in [0.4, 0.5) is 10.6 Å². The van der Waals surface area contributed by atoms with Gasteiger partial charge in [-0.25, -0.2) is 18.2 Å². The molecule has 0 spiro atoms. The normalized spacial score (nSPS) is 14.1. The van der Waals surface area contributed by atoms with Gasteiger partial charge in [0.05, 0.1) is 12.2 Å². The summed E-state index contributed by atoms with van der Waals surface area (Å²) in [6, 6.07) is 16.1. The molecular weight excluding hydrogens is 628 g/mol. The quantitative estimate of drug-likeness (QED) is 0.135. The molecule has 4 rings (SSSR count). The number of unbranched alkanes of at least 4 members (excludes halogenated alkanes) is 6. The minimum atomic E-state index is -4.01. The summed E-state index contributed by atoms with van der Waals surface area (Å²) in [6.07, 6.45) is 14.6. The van der Waals surface area contributed by atoms with Gasteiger partial charge in [0, 0.05) is 18.9 Å². The van der Waals surface area contributed by atoms with Gasteiger partial charge in [0.25, 0.3) is 0 Å². The number of amides is 1. The van der Waals surface area contributed by atoms with Crippen LogP contribution in [0.2, 0.25) is 0 Å². The van der Waals surface area contributed by atoms with Crippen LogP contribution >= 0.6 is 0 Å².